The maximum Gasteiger partial charge on any atom is 0.251 e. The van der Waals surface area contributed by atoms with Crippen LogP contribution in [-0.2, 0) is 0 Å². The Morgan fingerprint density at radius 2 is 2.00 bits per heavy atom. The van der Waals surface area contributed by atoms with Crippen LogP contribution in [0.3, 0.4) is 0 Å². The first kappa shape index (κ1) is 11.5. The summed E-state index contributed by atoms with van der Waals surface area (Å²) in [5, 5.41) is 2.86. The predicted octanol–water partition coefficient (Wildman–Crippen LogP) is 2.13. The monoisotopic (exact) mass is 247 g/mol. The van der Waals surface area contributed by atoms with Crippen molar-refractivity contribution in [1.29, 1.82) is 0 Å². The number of benzene rings is 1. The van der Waals surface area contributed by atoms with E-state index in [1.807, 2.05) is 6.07 Å². The molecule has 1 heterocycles. The molecule has 0 saturated heterocycles. The maximum absolute atomic E-state index is 11.8. The van der Waals surface area contributed by atoms with Crippen molar-refractivity contribution < 1.29 is 14.3 Å². The van der Waals surface area contributed by atoms with Gasteiger partial charge in [-0.3, -0.25) is 4.79 Å². The number of carbonyl (C=O) groups is 1. The van der Waals surface area contributed by atoms with Crippen LogP contribution in [0.5, 0.6) is 11.5 Å². The summed E-state index contributed by atoms with van der Waals surface area (Å²) in [7, 11) is 1.76. The quantitative estimate of drug-likeness (QED) is 0.831. The van der Waals surface area contributed by atoms with Gasteiger partial charge in [0.25, 0.3) is 5.79 Å². The molecule has 1 saturated carbocycles. The van der Waals surface area contributed by atoms with E-state index >= 15 is 0 Å². The van der Waals surface area contributed by atoms with E-state index in [0.29, 0.717) is 17.9 Å². The van der Waals surface area contributed by atoms with Gasteiger partial charge in [-0.25, -0.2) is 0 Å². The van der Waals surface area contributed by atoms with Gasteiger partial charge in [0.2, 0.25) is 0 Å². The lowest BCUT2D eigenvalue weighted by atomic mass is 10.1. The fraction of sp³-hybridized carbons (Fsp3) is 0.500. The summed E-state index contributed by atoms with van der Waals surface area (Å²) in [6, 6.07) is 5.43. The van der Waals surface area contributed by atoms with E-state index in [1.54, 1.807) is 19.2 Å². The van der Waals surface area contributed by atoms with Crippen molar-refractivity contribution in [2.24, 2.45) is 0 Å². The molecule has 0 radical (unpaired) electrons. The SMILES string of the molecule is CNCC(=O)c1ccc2c(c1)OC1(CCCC1)O2. The van der Waals surface area contributed by atoms with Crippen LogP contribution >= 0.6 is 0 Å². The normalized spacial score (nSPS) is 19.4. The third-order valence-electron chi connectivity index (χ3n) is 3.56. The molecule has 0 bridgehead atoms. The molecule has 0 amide bonds. The Balaban J connectivity index is 1.84. The lowest BCUT2D eigenvalue weighted by Gasteiger charge is -2.21. The Labute approximate surface area is 106 Å². The second kappa shape index (κ2) is 4.28. The number of rotatable bonds is 3. The molecule has 18 heavy (non-hydrogen) atoms. The van der Waals surface area contributed by atoms with Gasteiger partial charge in [0.05, 0.1) is 6.54 Å². The third-order valence-corrected chi connectivity index (χ3v) is 3.56. The Morgan fingerprint density at radius 1 is 1.28 bits per heavy atom. The average molecular weight is 247 g/mol. The Hall–Kier alpha value is -1.55. The molecule has 1 fully saturated rings. The molecule has 2 aliphatic rings. The summed E-state index contributed by atoms with van der Waals surface area (Å²) in [4.78, 5) is 11.8. The zero-order valence-corrected chi connectivity index (χ0v) is 10.5. The van der Waals surface area contributed by atoms with Crippen molar-refractivity contribution in [2.45, 2.75) is 31.5 Å². The molecule has 4 nitrogen and oxygen atoms in total. The number of hydrogen-bond donors (Lipinski definition) is 1. The highest BCUT2D eigenvalue weighted by molar-refractivity contribution is 5.98. The van der Waals surface area contributed by atoms with E-state index in [0.717, 1.165) is 31.4 Å². The van der Waals surface area contributed by atoms with Crippen LogP contribution in [-0.4, -0.2) is 25.2 Å². The molecule has 0 unspecified atom stereocenters. The zero-order chi connectivity index (χ0) is 12.6. The van der Waals surface area contributed by atoms with E-state index in [9.17, 15) is 4.79 Å². The molecular formula is C14H17NO3. The van der Waals surface area contributed by atoms with Crippen LogP contribution in [0, 0.1) is 0 Å². The van der Waals surface area contributed by atoms with Gasteiger partial charge < -0.3 is 14.8 Å². The minimum Gasteiger partial charge on any atom is -0.448 e. The van der Waals surface area contributed by atoms with Crippen molar-refractivity contribution >= 4 is 5.78 Å². The second-order valence-corrected chi connectivity index (χ2v) is 4.94. The molecule has 1 aromatic rings. The standard InChI is InChI=1S/C14H17NO3/c1-15-9-11(16)10-4-5-12-13(8-10)18-14(17-12)6-2-3-7-14/h4-5,8,15H,2-3,6-7,9H2,1H3. The van der Waals surface area contributed by atoms with Gasteiger partial charge in [-0.2, -0.15) is 0 Å². The minimum absolute atomic E-state index is 0.0660. The first-order valence-electron chi connectivity index (χ1n) is 6.42. The third kappa shape index (κ3) is 1.86. The molecule has 0 atom stereocenters. The number of Topliss-reactive ketones (excluding diaryl/α,β-unsaturated/α-hetero) is 1. The van der Waals surface area contributed by atoms with Crippen LogP contribution in [0.4, 0.5) is 0 Å². The van der Waals surface area contributed by atoms with E-state index in [4.69, 9.17) is 9.47 Å². The van der Waals surface area contributed by atoms with E-state index in [-0.39, 0.29) is 5.78 Å². The van der Waals surface area contributed by atoms with Crippen LogP contribution in [0.1, 0.15) is 36.0 Å². The molecule has 4 heteroatoms. The van der Waals surface area contributed by atoms with E-state index < -0.39 is 5.79 Å². The largest absolute Gasteiger partial charge is 0.448 e. The van der Waals surface area contributed by atoms with Crippen molar-refractivity contribution in [3.63, 3.8) is 0 Å². The van der Waals surface area contributed by atoms with Gasteiger partial charge in [0.15, 0.2) is 17.3 Å². The number of fused-ring (bicyclic) bond motifs is 1. The van der Waals surface area contributed by atoms with Crippen LogP contribution in [0.15, 0.2) is 18.2 Å². The van der Waals surface area contributed by atoms with Gasteiger partial charge in [-0.1, -0.05) is 0 Å². The van der Waals surface area contributed by atoms with Crippen molar-refractivity contribution in [2.75, 3.05) is 13.6 Å². The number of hydrogen-bond acceptors (Lipinski definition) is 4. The van der Waals surface area contributed by atoms with Gasteiger partial charge >= 0.3 is 0 Å². The summed E-state index contributed by atoms with van der Waals surface area (Å²) in [6.07, 6.45) is 4.14. The fourth-order valence-corrected chi connectivity index (χ4v) is 2.65. The van der Waals surface area contributed by atoms with Crippen molar-refractivity contribution in [3.05, 3.63) is 23.8 Å². The molecule has 1 aromatic carbocycles. The van der Waals surface area contributed by atoms with Crippen LogP contribution in [0.2, 0.25) is 0 Å². The minimum atomic E-state index is -0.451. The number of carbonyl (C=O) groups excluding carboxylic acids is 1. The molecular weight excluding hydrogens is 230 g/mol. The summed E-state index contributed by atoms with van der Waals surface area (Å²) in [5.41, 5.74) is 0.668. The second-order valence-electron chi connectivity index (χ2n) is 4.94. The van der Waals surface area contributed by atoms with Crippen molar-refractivity contribution in [1.82, 2.24) is 5.32 Å². The maximum atomic E-state index is 11.8. The van der Waals surface area contributed by atoms with E-state index in [1.165, 1.54) is 0 Å². The highest BCUT2D eigenvalue weighted by Crippen LogP contribution is 2.46. The molecule has 3 rings (SSSR count). The molecule has 96 valence electrons. The van der Waals surface area contributed by atoms with Gasteiger partial charge in [0, 0.05) is 18.4 Å². The highest BCUT2D eigenvalue weighted by Gasteiger charge is 2.44. The summed E-state index contributed by atoms with van der Waals surface area (Å²) < 4.78 is 11.8. The number of nitrogens with one attached hydrogen (secondary N) is 1. The smallest absolute Gasteiger partial charge is 0.251 e. The number of ether oxygens (including phenoxy) is 2. The fourth-order valence-electron chi connectivity index (χ4n) is 2.65. The topological polar surface area (TPSA) is 47.6 Å². The van der Waals surface area contributed by atoms with Crippen LogP contribution in [0.25, 0.3) is 0 Å². The molecule has 1 aliphatic heterocycles. The highest BCUT2D eigenvalue weighted by atomic mass is 16.7. The average Bonchev–Trinajstić information content (AvgIpc) is 2.95. The summed E-state index contributed by atoms with van der Waals surface area (Å²) in [5.74, 6) is 1.08. The van der Waals surface area contributed by atoms with Gasteiger partial charge in [-0.05, 0) is 38.1 Å². The first-order chi connectivity index (χ1) is 8.72. The van der Waals surface area contributed by atoms with Crippen LogP contribution < -0.4 is 14.8 Å². The van der Waals surface area contributed by atoms with Crippen molar-refractivity contribution in [3.8, 4) is 11.5 Å². The van der Waals surface area contributed by atoms with E-state index in [2.05, 4.69) is 5.32 Å². The van der Waals surface area contributed by atoms with Gasteiger partial charge in [0.1, 0.15) is 0 Å². The summed E-state index contributed by atoms with van der Waals surface area (Å²) in [6.45, 7) is 0.338. The Morgan fingerprint density at radius 3 is 2.72 bits per heavy atom. The summed E-state index contributed by atoms with van der Waals surface area (Å²) >= 11 is 0. The predicted molar refractivity (Wildman–Crippen MR) is 67.2 cm³/mol. The molecule has 1 aliphatic carbocycles. The number of likely N-dealkylation sites (N-methyl/N-ethyl adjacent to an activating group) is 1. The lowest BCUT2D eigenvalue weighted by Crippen LogP contribution is -2.34. The Kier molecular flexibility index (Phi) is 2.74. The molecule has 0 aromatic heterocycles. The number of ketones is 1. The molecule has 1 spiro atoms. The van der Waals surface area contributed by atoms with Gasteiger partial charge in [-0.15, -0.1) is 0 Å². The molecule has 1 N–H and O–H groups in total. The first-order valence-corrected chi connectivity index (χ1v) is 6.42. The zero-order valence-electron chi connectivity index (χ0n) is 10.5. The Bertz CT molecular complexity index is 478. The lowest BCUT2D eigenvalue weighted by molar-refractivity contribution is -0.0716.